The molecule has 6 heteroatoms. The van der Waals surface area contributed by atoms with Crippen LogP contribution >= 0.6 is 0 Å². The van der Waals surface area contributed by atoms with Crippen LogP contribution in [0.4, 0.5) is 10.1 Å². The van der Waals surface area contributed by atoms with Crippen LogP contribution < -0.4 is 14.4 Å². The molecule has 2 aromatic carbocycles. The molecule has 0 atom stereocenters. The Morgan fingerprint density at radius 3 is 2.50 bits per heavy atom. The molecule has 1 heterocycles. The maximum absolute atomic E-state index is 14.0. The number of carbonyl (C=O) groups is 1. The molecule has 5 nitrogen and oxygen atoms in total. The van der Waals surface area contributed by atoms with Gasteiger partial charge in [0, 0.05) is 31.7 Å². The molecule has 0 spiro atoms. The van der Waals surface area contributed by atoms with Gasteiger partial charge in [0.2, 0.25) is 0 Å². The maximum Gasteiger partial charge on any atom is 0.254 e. The van der Waals surface area contributed by atoms with Gasteiger partial charge in [0.05, 0.1) is 19.4 Å². The Kier molecular flexibility index (Phi) is 6.74. The standard InChI is InChI=1S/C22H27FN2O3/c1-3-4-15-28-20-10-9-17(16-21(20)27-2)22(26)25-13-11-24(12-14-25)19-8-6-5-7-18(19)23/h5-10,16H,3-4,11-15H2,1-2H3. The van der Waals surface area contributed by atoms with Gasteiger partial charge in [0.15, 0.2) is 11.5 Å². The summed E-state index contributed by atoms with van der Waals surface area (Å²) in [5.74, 6) is 0.932. The van der Waals surface area contributed by atoms with Crippen molar-refractivity contribution in [3.8, 4) is 11.5 Å². The van der Waals surface area contributed by atoms with Crippen LogP contribution in [0, 0.1) is 5.82 Å². The second-order valence-electron chi connectivity index (χ2n) is 6.80. The van der Waals surface area contributed by atoms with E-state index in [0.717, 1.165) is 12.8 Å². The summed E-state index contributed by atoms with van der Waals surface area (Å²) in [6.07, 6.45) is 2.02. The van der Waals surface area contributed by atoms with Crippen molar-refractivity contribution in [2.24, 2.45) is 0 Å². The van der Waals surface area contributed by atoms with E-state index in [0.29, 0.717) is 55.5 Å². The van der Waals surface area contributed by atoms with Gasteiger partial charge in [0.25, 0.3) is 5.91 Å². The zero-order valence-corrected chi connectivity index (χ0v) is 16.5. The minimum Gasteiger partial charge on any atom is -0.493 e. The molecule has 1 saturated heterocycles. The molecule has 1 aliphatic heterocycles. The van der Waals surface area contributed by atoms with Gasteiger partial charge in [-0.25, -0.2) is 4.39 Å². The first-order valence-electron chi connectivity index (χ1n) is 9.73. The fourth-order valence-electron chi connectivity index (χ4n) is 3.29. The number of amides is 1. The van der Waals surface area contributed by atoms with Crippen molar-refractivity contribution in [2.45, 2.75) is 19.8 Å². The molecule has 3 rings (SSSR count). The number of piperazine rings is 1. The summed E-state index contributed by atoms with van der Waals surface area (Å²) in [6, 6.07) is 12.0. The number of methoxy groups -OCH3 is 1. The molecule has 0 unspecified atom stereocenters. The molecule has 0 bridgehead atoms. The monoisotopic (exact) mass is 386 g/mol. The predicted molar refractivity (Wildman–Crippen MR) is 108 cm³/mol. The molecule has 28 heavy (non-hydrogen) atoms. The lowest BCUT2D eigenvalue weighted by atomic mass is 10.1. The number of benzene rings is 2. The zero-order valence-electron chi connectivity index (χ0n) is 16.5. The average Bonchev–Trinajstić information content (AvgIpc) is 2.74. The number of hydrogen-bond donors (Lipinski definition) is 0. The van der Waals surface area contributed by atoms with E-state index >= 15 is 0 Å². The summed E-state index contributed by atoms with van der Waals surface area (Å²) in [5.41, 5.74) is 1.16. The Balaban J connectivity index is 1.64. The number of anilines is 1. The lowest BCUT2D eigenvalue weighted by Crippen LogP contribution is -2.49. The SMILES string of the molecule is CCCCOc1ccc(C(=O)N2CCN(c3ccccc3F)CC2)cc1OC. The quantitative estimate of drug-likeness (QED) is 0.675. The summed E-state index contributed by atoms with van der Waals surface area (Å²) in [6.45, 7) is 5.02. The predicted octanol–water partition coefficient (Wildman–Crippen LogP) is 3.98. The van der Waals surface area contributed by atoms with Crippen molar-refractivity contribution < 1.29 is 18.7 Å². The third-order valence-corrected chi connectivity index (χ3v) is 4.93. The molecular formula is C22H27FN2O3. The van der Waals surface area contributed by atoms with E-state index in [9.17, 15) is 9.18 Å². The van der Waals surface area contributed by atoms with Gasteiger partial charge in [-0.2, -0.15) is 0 Å². The van der Waals surface area contributed by atoms with Crippen molar-refractivity contribution in [1.82, 2.24) is 4.90 Å². The van der Waals surface area contributed by atoms with Crippen molar-refractivity contribution in [3.05, 3.63) is 53.8 Å². The number of para-hydroxylation sites is 1. The summed E-state index contributed by atoms with van der Waals surface area (Å²) in [5, 5.41) is 0. The number of unbranched alkanes of at least 4 members (excludes halogenated alkanes) is 1. The van der Waals surface area contributed by atoms with E-state index in [2.05, 4.69) is 6.92 Å². The minimum atomic E-state index is -0.231. The highest BCUT2D eigenvalue weighted by Crippen LogP contribution is 2.29. The van der Waals surface area contributed by atoms with Crippen molar-refractivity contribution in [3.63, 3.8) is 0 Å². The zero-order chi connectivity index (χ0) is 19.9. The Morgan fingerprint density at radius 1 is 1.07 bits per heavy atom. The molecular weight excluding hydrogens is 359 g/mol. The van der Waals surface area contributed by atoms with Gasteiger partial charge >= 0.3 is 0 Å². The number of rotatable bonds is 7. The van der Waals surface area contributed by atoms with Crippen LogP contribution in [-0.4, -0.2) is 50.7 Å². The van der Waals surface area contributed by atoms with E-state index in [1.165, 1.54) is 6.07 Å². The van der Waals surface area contributed by atoms with Crippen LogP contribution in [0.3, 0.4) is 0 Å². The molecule has 2 aromatic rings. The lowest BCUT2D eigenvalue weighted by molar-refractivity contribution is 0.0746. The van der Waals surface area contributed by atoms with Gasteiger partial charge in [-0.1, -0.05) is 25.5 Å². The topological polar surface area (TPSA) is 42.0 Å². The molecule has 150 valence electrons. The van der Waals surface area contributed by atoms with E-state index in [1.54, 1.807) is 42.3 Å². The highest BCUT2D eigenvalue weighted by atomic mass is 19.1. The molecule has 1 aliphatic rings. The Bertz CT molecular complexity index is 804. The van der Waals surface area contributed by atoms with Gasteiger partial charge in [-0.05, 0) is 36.8 Å². The molecule has 1 fully saturated rings. The molecule has 0 radical (unpaired) electrons. The van der Waals surface area contributed by atoms with Crippen LogP contribution in [0.2, 0.25) is 0 Å². The van der Waals surface area contributed by atoms with Crippen molar-refractivity contribution in [2.75, 3.05) is 44.8 Å². The Morgan fingerprint density at radius 2 is 1.82 bits per heavy atom. The molecule has 0 saturated carbocycles. The van der Waals surface area contributed by atoms with Crippen LogP contribution in [0.15, 0.2) is 42.5 Å². The summed E-state index contributed by atoms with van der Waals surface area (Å²) >= 11 is 0. The van der Waals surface area contributed by atoms with Crippen molar-refractivity contribution >= 4 is 11.6 Å². The van der Waals surface area contributed by atoms with Gasteiger partial charge in [-0.3, -0.25) is 4.79 Å². The second-order valence-corrected chi connectivity index (χ2v) is 6.80. The van der Waals surface area contributed by atoms with Gasteiger partial charge in [0.1, 0.15) is 5.82 Å². The first kappa shape index (κ1) is 20.0. The Labute approximate surface area is 165 Å². The fourth-order valence-corrected chi connectivity index (χ4v) is 3.29. The number of ether oxygens (including phenoxy) is 2. The molecule has 1 amide bonds. The third-order valence-electron chi connectivity index (χ3n) is 4.93. The van der Waals surface area contributed by atoms with Gasteiger partial charge < -0.3 is 19.3 Å². The highest BCUT2D eigenvalue weighted by Gasteiger charge is 2.24. The first-order valence-corrected chi connectivity index (χ1v) is 9.73. The largest absolute Gasteiger partial charge is 0.493 e. The lowest BCUT2D eigenvalue weighted by Gasteiger charge is -2.36. The number of nitrogens with zero attached hydrogens (tertiary/aromatic N) is 2. The number of halogens is 1. The molecule has 0 N–H and O–H groups in total. The van der Waals surface area contributed by atoms with Crippen LogP contribution in [0.25, 0.3) is 0 Å². The summed E-state index contributed by atoms with van der Waals surface area (Å²) < 4.78 is 25.1. The second kappa shape index (κ2) is 9.44. The summed E-state index contributed by atoms with van der Waals surface area (Å²) in [7, 11) is 1.57. The first-order chi connectivity index (χ1) is 13.6. The Hall–Kier alpha value is -2.76. The molecule has 0 aliphatic carbocycles. The van der Waals surface area contributed by atoms with Gasteiger partial charge in [-0.15, -0.1) is 0 Å². The van der Waals surface area contributed by atoms with E-state index in [1.807, 2.05) is 11.0 Å². The van der Waals surface area contributed by atoms with Crippen LogP contribution in [0.5, 0.6) is 11.5 Å². The number of carbonyl (C=O) groups excluding carboxylic acids is 1. The normalized spacial score (nSPS) is 14.1. The van der Waals surface area contributed by atoms with E-state index in [-0.39, 0.29) is 11.7 Å². The van der Waals surface area contributed by atoms with Crippen molar-refractivity contribution in [1.29, 1.82) is 0 Å². The van der Waals surface area contributed by atoms with E-state index < -0.39 is 0 Å². The third kappa shape index (κ3) is 4.55. The summed E-state index contributed by atoms with van der Waals surface area (Å²) in [4.78, 5) is 16.7. The average molecular weight is 386 g/mol. The van der Waals surface area contributed by atoms with E-state index in [4.69, 9.17) is 9.47 Å². The maximum atomic E-state index is 14.0. The van der Waals surface area contributed by atoms with Crippen LogP contribution in [0.1, 0.15) is 30.1 Å². The van der Waals surface area contributed by atoms with Crippen LogP contribution in [-0.2, 0) is 0 Å². The smallest absolute Gasteiger partial charge is 0.254 e. The fraction of sp³-hybridized carbons (Fsp3) is 0.409. The number of hydrogen-bond acceptors (Lipinski definition) is 4. The highest BCUT2D eigenvalue weighted by molar-refractivity contribution is 5.95. The molecule has 0 aromatic heterocycles. The minimum absolute atomic E-state index is 0.0495.